The lowest BCUT2D eigenvalue weighted by Crippen LogP contribution is -2.31. The summed E-state index contributed by atoms with van der Waals surface area (Å²) in [5.74, 6) is 0.923. The lowest BCUT2D eigenvalue weighted by molar-refractivity contribution is 0.106. The molecule has 0 aromatic rings. The Labute approximate surface area is 85.3 Å². The molecule has 1 aliphatic rings. The highest BCUT2D eigenvalue weighted by atomic mass is 79.9. The summed E-state index contributed by atoms with van der Waals surface area (Å²) >= 11 is 3.55. The van der Waals surface area contributed by atoms with Crippen molar-refractivity contribution >= 4 is 15.9 Å². The average molecular weight is 233 g/mol. The fourth-order valence-corrected chi connectivity index (χ4v) is 2.96. The van der Waals surface area contributed by atoms with E-state index in [1.54, 1.807) is 0 Å². The van der Waals surface area contributed by atoms with Crippen LogP contribution in [0.15, 0.2) is 0 Å². The van der Waals surface area contributed by atoms with Crippen molar-refractivity contribution in [1.29, 1.82) is 0 Å². The van der Waals surface area contributed by atoms with Gasteiger partial charge in [-0.05, 0) is 36.0 Å². The number of rotatable bonds is 2. The fourth-order valence-electron chi connectivity index (χ4n) is 2.41. The highest BCUT2D eigenvalue weighted by molar-refractivity contribution is 9.09. The van der Waals surface area contributed by atoms with Gasteiger partial charge in [0.15, 0.2) is 0 Å². The molecule has 0 aromatic carbocycles. The Balaban J connectivity index is 2.71. The molecule has 0 radical (unpaired) electrons. The van der Waals surface area contributed by atoms with Crippen LogP contribution in [0.3, 0.4) is 0 Å². The smallest absolute Gasteiger partial charge is 0.00341 e. The largest absolute Gasteiger partial charge is 0.0928 e. The second-order valence-corrected chi connectivity index (χ2v) is 6.11. The van der Waals surface area contributed by atoms with Gasteiger partial charge in [-0.15, -0.1) is 0 Å². The minimum Gasteiger partial charge on any atom is -0.0928 e. The molecule has 0 saturated heterocycles. The summed E-state index contributed by atoms with van der Waals surface area (Å²) in [6.45, 7) is 9.71. The van der Waals surface area contributed by atoms with Crippen LogP contribution in [-0.2, 0) is 0 Å². The summed E-state index contributed by atoms with van der Waals surface area (Å²) in [6, 6.07) is 0. The van der Waals surface area contributed by atoms with Crippen LogP contribution in [0.4, 0.5) is 0 Å². The summed E-state index contributed by atoms with van der Waals surface area (Å²) in [5.41, 5.74) is 1.07. The molecule has 72 valence electrons. The number of hydrogen-bond acceptors (Lipinski definition) is 0. The first kappa shape index (κ1) is 10.6. The Morgan fingerprint density at radius 3 is 2.17 bits per heavy atom. The van der Waals surface area contributed by atoms with E-state index in [0.29, 0.717) is 10.8 Å². The van der Waals surface area contributed by atoms with Gasteiger partial charge in [-0.1, -0.05) is 43.6 Å². The molecule has 1 unspecified atom stereocenters. The van der Waals surface area contributed by atoms with Crippen molar-refractivity contribution in [2.75, 3.05) is 5.33 Å². The molecule has 0 spiro atoms. The fraction of sp³-hybridized carbons (Fsp3) is 1.00. The lowest BCUT2D eigenvalue weighted by Gasteiger charge is -2.39. The zero-order valence-electron chi connectivity index (χ0n) is 8.78. The van der Waals surface area contributed by atoms with E-state index in [0.717, 1.165) is 11.2 Å². The van der Waals surface area contributed by atoms with Crippen molar-refractivity contribution in [3.8, 4) is 0 Å². The molecule has 1 atom stereocenters. The molecule has 1 fully saturated rings. The van der Waals surface area contributed by atoms with E-state index < -0.39 is 0 Å². The molecule has 0 heterocycles. The Hall–Kier alpha value is 0.480. The first-order valence-corrected chi connectivity index (χ1v) is 6.10. The van der Waals surface area contributed by atoms with Crippen LogP contribution >= 0.6 is 15.9 Å². The maximum absolute atomic E-state index is 3.55. The van der Waals surface area contributed by atoms with Crippen molar-refractivity contribution in [2.24, 2.45) is 16.7 Å². The molecule has 12 heavy (non-hydrogen) atoms. The molecule has 0 aromatic heterocycles. The zero-order chi connectivity index (χ0) is 9.41. The van der Waals surface area contributed by atoms with E-state index >= 15 is 0 Å². The maximum atomic E-state index is 3.55. The van der Waals surface area contributed by atoms with Gasteiger partial charge in [-0.2, -0.15) is 0 Å². The van der Waals surface area contributed by atoms with Crippen LogP contribution < -0.4 is 0 Å². The Morgan fingerprint density at radius 2 is 1.83 bits per heavy atom. The van der Waals surface area contributed by atoms with Crippen molar-refractivity contribution in [1.82, 2.24) is 0 Å². The molecule has 1 aliphatic carbocycles. The highest BCUT2D eigenvalue weighted by Gasteiger charge is 2.47. The maximum Gasteiger partial charge on any atom is 0.00341 e. The third-order valence-corrected chi connectivity index (χ3v) is 4.80. The number of halogens is 1. The van der Waals surface area contributed by atoms with Crippen molar-refractivity contribution in [3.05, 3.63) is 0 Å². The summed E-state index contributed by atoms with van der Waals surface area (Å²) < 4.78 is 0. The Kier molecular flexibility index (Phi) is 2.92. The molecule has 0 amide bonds. The summed E-state index contributed by atoms with van der Waals surface area (Å²) in [6.07, 6.45) is 4.17. The highest BCUT2D eigenvalue weighted by Crippen LogP contribution is 2.56. The van der Waals surface area contributed by atoms with E-state index in [1.807, 2.05) is 0 Å². The standard InChI is InChI=1S/C11H21Br/c1-10(2)7-5-9(6-8-12)11(10,3)4/h9H,5-8H2,1-4H3. The quantitative estimate of drug-likeness (QED) is 0.626. The molecule has 0 bridgehead atoms. The first-order chi connectivity index (χ1) is 5.42. The minimum absolute atomic E-state index is 0.529. The van der Waals surface area contributed by atoms with Crippen molar-refractivity contribution in [3.63, 3.8) is 0 Å². The van der Waals surface area contributed by atoms with Gasteiger partial charge in [0.2, 0.25) is 0 Å². The van der Waals surface area contributed by atoms with Gasteiger partial charge < -0.3 is 0 Å². The summed E-state index contributed by atoms with van der Waals surface area (Å²) in [5, 5.41) is 1.16. The van der Waals surface area contributed by atoms with E-state index in [2.05, 4.69) is 43.6 Å². The van der Waals surface area contributed by atoms with E-state index in [9.17, 15) is 0 Å². The summed E-state index contributed by atoms with van der Waals surface area (Å²) in [4.78, 5) is 0. The first-order valence-electron chi connectivity index (χ1n) is 4.98. The summed E-state index contributed by atoms with van der Waals surface area (Å²) in [7, 11) is 0. The molecule has 1 heteroatoms. The molecule has 1 rings (SSSR count). The van der Waals surface area contributed by atoms with Gasteiger partial charge in [0.25, 0.3) is 0 Å². The van der Waals surface area contributed by atoms with Crippen molar-refractivity contribution in [2.45, 2.75) is 47.0 Å². The zero-order valence-corrected chi connectivity index (χ0v) is 10.4. The second-order valence-electron chi connectivity index (χ2n) is 5.32. The van der Waals surface area contributed by atoms with Crippen LogP contribution in [0.5, 0.6) is 0 Å². The second kappa shape index (κ2) is 3.32. The van der Waals surface area contributed by atoms with E-state index in [4.69, 9.17) is 0 Å². The molecule has 1 saturated carbocycles. The topological polar surface area (TPSA) is 0 Å². The van der Waals surface area contributed by atoms with Gasteiger partial charge >= 0.3 is 0 Å². The van der Waals surface area contributed by atoms with Crippen LogP contribution in [0, 0.1) is 16.7 Å². The third kappa shape index (κ3) is 1.57. The SMILES string of the molecule is CC1(C)CCC(CCBr)C1(C)C. The van der Waals surface area contributed by atoms with Gasteiger partial charge in [0, 0.05) is 5.33 Å². The van der Waals surface area contributed by atoms with Crippen LogP contribution in [-0.4, -0.2) is 5.33 Å². The predicted octanol–water partition coefficient (Wildman–Crippen LogP) is 4.23. The van der Waals surface area contributed by atoms with E-state index in [-0.39, 0.29) is 0 Å². The van der Waals surface area contributed by atoms with E-state index in [1.165, 1.54) is 19.3 Å². The predicted molar refractivity (Wildman–Crippen MR) is 58.7 cm³/mol. The molecular weight excluding hydrogens is 212 g/mol. The number of hydrogen-bond donors (Lipinski definition) is 0. The molecule has 0 N–H and O–H groups in total. The average Bonchev–Trinajstić information content (AvgIpc) is 2.13. The third-order valence-electron chi connectivity index (χ3n) is 4.34. The van der Waals surface area contributed by atoms with Crippen LogP contribution in [0.1, 0.15) is 47.0 Å². The molecular formula is C11H21Br. The molecule has 0 nitrogen and oxygen atoms in total. The van der Waals surface area contributed by atoms with Gasteiger partial charge in [-0.25, -0.2) is 0 Å². The molecule has 0 aliphatic heterocycles. The lowest BCUT2D eigenvalue weighted by atomic mass is 9.66. The monoisotopic (exact) mass is 232 g/mol. The van der Waals surface area contributed by atoms with Crippen molar-refractivity contribution < 1.29 is 0 Å². The number of alkyl halides is 1. The normalized spacial score (nSPS) is 32.2. The Bertz CT molecular complexity index is 158. The van der Waals surface area contributed by atoms with Crippen LogP contribution in [0.2, 0.25) is 0 Å². The van der Waals surface area contributed by atoms with Gasteiger partial charge in [0.05, 0.1) is 0 Å². The van der Waals surface area contributed by atoms with Gasteiger partial charge in [-0.3, -0.25) is 0 Å². The minimum atomic E-state index is 0.529. The van der Waals surface area contributed by atoms with Gasteiger partial charge in [0.1, 0.15) is 0 Å². The Morgan fingerprint density at radius 1 is 1.25 bits per heavy atom. The van der Waals surface area contributed by atoms with Crippen LogP contribution in [0.25, 0.3) is 0 Å².